The zero-order valence-corrected chi connectivity index (χ0v) is 11.7. The molecule has 2 aliphatic heterocycles. The lowest BCUT2D eigenvalue weighted by atomic mass is 10.2. The fraction of sp³-hybridized carbons (Fsp3) is 0.600. The number of likely N-dealkylation sites (tertiary alicyclic amines) is 1. The van der Waals surface area contributed by atoms with Gasteiger partial charge in [0.15, 0.2) is 0 Å². The summed E-state index contributed by atoms with van der Waals surface area (Å²) in [4.78, 5) is 2.28. The average molecular weight is 263 g/mol. The van der Waals surface area contributed by atoms with Gasteiger partial charge in [-0.2, -0.15) is 0 Å². The van der Waals surface area contributed by atoms with Crippen LogP contribution in [0.5, 0.6) is 0 Å². The van der Waals surface area contributed by atoms with E-state index in [2.05, 4.69) is 16.8 Å². The predicted molar refractivity (Wildman–Crippen MR) is 78.4 cm³/mol. The van der Waals surface area contributed by atoms with Gasteiger partial charge < -0.3 is 20.7 Å². The monoisotopic (exact) mass is 263 g/mol. The van der Waals surface area contributed by atoms with Gasteiger partial charge >= 0.3 is 0 Å². The third kappa shape index (κ3) is 4.31. The molecule has 0 spiro atoms. The predicted octanol–water partition coefficient (Wildman–Crippen LogP) is 1.72. The van der Waals surface area contributed by atoms with Crippen LogP contribution in [0.4, 0.5) is 0 Å². The van der Waals surface area contributed by atoms with E-state index in [1.54, 1.807) is 0 Å². The standard InChI is InChI=1S/C15H25N3O/c1-13-14(12-17-8-11-19-13)6-7-15(16)18-9-4-2-3-5-10-18/h6-7,17H,1-5,8-12,16H2/b14-6-,15-7+. The first-order valence-electron chi connectivity index (χ1n) is 7.21. The number of nitrogens with one attached hydrogen (secondary N) is 1. The molecule has 2 saturated heterocycles. The zero-order chi connectivity index (χ0) is 13.5. The van der Waals surface area contributed by atoms with Gasteiger partial charge in [0.05, 0.1) is 5.82 Å². The molecule has 2 fully saturated rings. The van der Waals surface area contributed by atoms with Crippen molar-refractivity contribution < 1.29 is 4.74 Å². The molecule has 0 aromatic heterocycles. The maximum atomic E-state index is 6.17. The lowest BCUT2D eigenvalue weighted by molar-refractivity contribution is 0.234. The van der Waals surface area contributed by atoms with Crippen molar-refractivity contribution in [2.75, 3.05) is 32.8 Å². The van der Waals surface area contributed by atoms with Crippen LogP contribution in [0.2, 0.25) is 0 Å². The second-order valence-electron chi connectivity index (χ2n) is 5.13. The number of rotatable bonds is 2. The topological polar surface area (TPSA) is 50.5 Å². The van der Waals surface area contributed by atoms with Gasteiger partial charge in [0.25, 0.3) is 0 Å². The van der Waals surface area contributed by atoms with Crippen molar-refractivity contribution in [1.29, 1.82) is 0 Å². The molecule has 2 rings (SSSR count). The molecule has 19 heavy (non-hydrogen) atoms. The quantitative estimate of drug-likeness (QED) is 0.796. The molecule has 0 aromatic carbocycles. The van der Waals surface area contributed by atoms with Crippen LogP contribution in [0.1, 0.15) is 25.7 Å². The van der Waals surface area contributed by atoms with Crippen molar-refractivity contribution in [3.63, 3.8) is 0 Å². The summed E-state index contributed by atoms with van der Waals surface area (Å²) in [5.74, 6) is 1.61. The Bertz CT molecular complexity index is 366. The first-order chi connectivity index (χ1) is 9.27. The van der Waals surface area contributed by atoms with Gasteiger partial charge in [0, 0.05) is 31.8 Å². The van der Waals surface area contributed by atoms with Crippen LogP contribution >= 0.6 is 0 Å². The molecule has 0 radical (unpaired) electrons. The van der Waals surface area contributed by atoms with Gasteiger partial charge in [-0.1, -0.05) is 25.5 Å². The SMILES string of the molecule is C=C1OCCNC/C1=C/C=C(\N)N1CCCCCC1. The van der Waals surface area contributed by atoms with Crippen molar-refractivity contribution >= 4 is 0 Å². The fourth-order valence-electron chi connectivity index (χ4n) is 2.43. The minimum atomic E-state index is 0.682. The van der Waals surface area contributed by atoms with E-state index in [-0.39, 0.29) is 0 Å². The van der Waals surface area contributed by atoms with Crippen molar-refractivity contribution in [2.24, 2.45) is 5.73 Å². The largest absolute Gasteiger partial charge is 0.493 e. The highest BCUT2D eigenvalue weighted by Gasteiger charge is 2.10. The Hall–Kier alpha value is -1.42. The van der Waals surface area contributed by atoms with E-state index < -0.39 is 0 Å². The maximum Gasteiger partial charge on any atom is 0.116 e. The number of hydrogen-bond acceptors (Lipinski definition) is 4. The Balaban J connectivity index is 2.00. The number of allylic oxidation sites excluding steroid dienone is 2. The molecule has 2 heterocycles. The summed E-state index contributed by atoms with van der Waals surface area (Å²) in [6.07, 6.45) is 9.13. The molecule has 0 atom stereocenters. The number of nitrogens with zero attached hydrogens (tertiary/aromatic N) is 1. The molecule has 4 heteroatoms. The van der Waals surface area contributed by atoms with Crippen molar-refractivity contribution in [1.82, 2.24) is 10.2 Å². The molecule has 0 saturated carbocycles. The van der Waals surface area contributed by atoms with E-state index in [0.29, 0.717) is 6.61 Å². The molecule has 0 amide bonds. The fourth-order valence-corrected chi connectivity index (χ4v) is 2.43. The van der Waals surface area contributed by atoms with Crippen LogP contribution in [-0.4, -0.2) is 37.7 Å². The van der Waals surface area contributed by atoms with Crippen LogP contribution in [0.15, 0.2) is 35.9 Å². The Morgan fingerprint density at radius 2 is 2.00 bits per heavy atom. The summed E-state index contributed by atoms with van der Waals surface area (Å²) in [6, 6.07) is 0. The lowest BCUT2D eigenvalue weighted by Gasteiger charge is -2.22. The second kappa shape index (κ2) is 7.24. The van der Waals surface area contributed by atoms with Crippen LogP contribution in [0, 0.1) is 0 Å². The summed E-state index contributed by atoms with van der Waals surface area (Å²) in [5.41, 5.74) is 7.25. The summed E-state index contributed by atoms with van der Waals surface area (Å²) in [6.45, 7) is 8.43. The molecule has 2 aliphatic rings. The van der Waals surface area contributed by atoms with Gasteiger partial charge in [-0.3, -0.25) is 0 Å². The van der Waals surface area contributed by atoms with Gasteiger partial charge in [-0.05, 0) is 18.9 Å². The minimum Gasteiger partial charge on any atom is -0.493 e. The highest BCUT2D eigenvalue weighted by Crippen LogP contribution is 2.14. The first-order valence-corrected chi connectivity index (χ1v) is 7.21. The van der Waals surface area contributed by atoms with Crippen LogP contribution in [-0.2, 0) is 4.74 Å². The highest BCUT2D eigenvalue weighted by molar-refractivity contribution is 5.30. The second-order valence-corrected chi connectivity index (χ2v) is 5.13. The van der Waals surface area contributed by atoms with Crippen LogP contribution in [0.25, 0.3) is 0 Å². The van der Waals surface area contributed by atoms with Gasteiger partial charge in [0.1, 0.15) is 12.4 Å². The third-order valence-corrected chi connectivity index (χ3v) is 3.66. The zero-order valence-electron chi connectivity index (χ0n) is 11.7. The lowest BCUT2D eigenvalue weighted by Crippen LogP contribution is -2.28. The Kier molecular flexibility index (Phi) is 5.33. The normalized spacial score (nSPS) is 24.8. The summed E-state index contributed by atoms with van der Waals surface area (Å²) in [5, 5.41) is 3.30. The molecule has 4 nitrogen and oxygen atoms in total. The van der Waals surface area contributed by atoms with E-state index in [4.69, 9.17) is 10.5 Å². The summed E-state index contributed by atoms with van der Waals surface area (Å²) in [7, 11) is 0. The van der Waals surface area contributed by atoms with Gasteiger partial charge in [0.2, 0.25) is 0 Å². The van der Waals surface area contributed by atoms with Crippen molar-refractivity contribution in [3.8, 4) is 0 Å². The van der Waals surface area contributed by atoms with E-state index in [0.717, 1.165) is 43.3 Å². The minimum absolute atomic E-state index is 0.682. The smallest absolute Gasteiger partial charge is 0.116 e. The third-order valence-electron chi connectivity index (χ3n) is 3.66. The first kappa shape index (κ1) is 14.0. The molecule has 0 unspecified atom stereocenters. The molecular weight excluding hydrogens is 238 g/mol. The maximum absolute atomic E-state index is 6.17. The number of ether oxygens (including phenoxy) is 1. The van der Waals surface area contributed by atoms with E-state index in [1.165, 1.54) is 25.7 Å². The van der Waals surface area contributed by atoms with Gasteiger partial charge in [-0.15, -0.1) is 0 Å². The Labute approximate surface area is 116 Å². The molecule has 0 aliphatic carbocycles. The molecule has 0 aromatic rings. The Morgan fingerprint density at radius 1 is 1.26 bits per heavy atom. The number of hydrogen-bond donors (Lipinski definition) is 2. The average Bonchev–Trinajstić information content (AvgIpc) is 2.79. The van der Waals surface area contributed by atoms with Gasteiger partial charge in [-0.25, -0.2) is 0 Å². The highest BCUT2D eigenvalue weighted by atomic mass is 16.5. The number of nitrogens with two attached hydrogens (primary N) is 1. The summed E-state index contributed by atoms with van der Waals surface area (Å²) >= 11 is 0. The molecule has 0 bridgehead atoms. The molecule has 106 valence electrons. The molecular formula is C15H25N3O. The summed E-state index contributed by atoms with van der Waals surface area (Å²) < 4.78 is 5.50. The van der Waals surface area contributed by atoms with E-state index in [9.17, 15) is 0 Å². The van der Waals surface area contributed by atoms with Crippen molar-refractivity contribution in [3.05, 3.63) is 35.9 Å². The van der Waals surface area contributed by atoms with E-state index in [1.807, 2.05) is 12.2 Å². The van der Waals surface area contributed by atoms with E-state index >= 15 is 0 Å². The Morgan fingerprint density at radius 3 is 2.74 bits per heavy atom. The van der Waals surface area contributed by atoms with Crippen molar-refractivity contribution in [2.45, 2.75) is 25.7 Å². The molecule has 3 N–H and O–H groups in total. The van der Waals surface area contributed by atoms with Crippen LogP contribution in [0.3, 0.4) is 0 Å². The van der Waals surface area contributed by atoms with Crippen LogP contribution < -0.4 is 11.1 Å².